The number of nitrogens with zero attached hydrogens (tertiary/aromatic N) is 4. The predicted octanol–water partition coefficient (Wildman–Crippen LogP) is 9.96. The van der Waals surface area contributed by atoms with Crippen LogP contribution in [0.15, 0.2) is 60.7 Å². The molecule has 2 aromatic carbocycles. The summed E-state index contributed by atoms with van der Waals surface area (Å²) in [6.07, 6.45) is 0.101. The van der Waals surface area contributed by atoms with Crippen LogP contribution in [-0.4, -0.2) is 32.9 Å². The van der Waals surface area contributed by atoms with Crippen molar-refractivity contribution in [2.45, 2.75) is 90.9 Å². The van der Waals surface area contributed by atoms with Gasteiger partial charge in [0.1, 0.15) is 0 Å². The number of hydrogen-bond acceptors (Lipinski definition) is 2. The summed E-state index contributed by atoms with van der Waals surface area (Å²) in [4.78, 5) is 19.9. The van der Waals surface area contributed by atoms with Crippen LogP contribution in [0.4, 0.5) is 0 Å². The van der Waals surface area contributed by atoms with Gasteiger partial charge in [0.25, 0.3) is 0 Å². The number of hydrogen-bond donors (Lipinski definition) is 0. The fraction of sp³-hybridized carbons (Fsp3) is 0.538. The number of rotatable bonds is 10. The second-order valence-electron chi connectivity index (χ2n) is 12.8. The molecule has 210 valence electrons. The van der Waals surface area contributed by atoms with Gasteiger partial charge in [-0.1, -0.05) is 183 Å². The summed E-state index contributed by atoms with van der Waals surface area (Å²) in [5.74, 6) is 0. The third kappa shape index (κ3) is 21.0. The van der Waals surface area contributed by atoms with Gasteiger partial charge < -0.3 is 19.9 Å². The molecule has 0 spiro atoms. The van der Waals surface area contributed by atoms with Crippen molar-refractivity contribution >= 4 is 32.9 Å². The molecule has 0 aliphatic rings. The zero-order valence-electron chi connectivity index (χ0n) is 24.9. The monoisotopic (exact) mass is 658 g/mol. The molecule has 0 aromatic heterocycles. The van der Waals surface area contributed by atoms with Crippen molar-refractivity contribution in [3.05, 3.63) is 91.7 Å². The van der Waals surface area contributed by atoms with Crippen LogP contribution in [0.25, 0.3) is 19.9 Å². The molecule has 0 unspecified atom stereocenters. The summed E-state index contributed by atoms with van der Waals surface area (Å²) in [6.45, 7) is 27.2. The van der Waals surface area contributed by atoms with Crippen molar-refractivity contribution in [3.63, 3.8) is 0 Å². The Bertz CT molecular complexity index is 817. The van der Waals surface area contributed by atoms with E-state index in [-0.39, 0.29) is 12.3 Å². The van der Waals surface area contributed by atoms with Gasteiger partial charge in [0.15, 0.2) is 0 Å². The van der Waals surface area contributed by atoms with Gasteiger partial charge in [-0.3, -0.25) is 0 Å². The van der Waals surface area contributed by atoms with Gasteiger partial charge in [-0.15, -0.1) is 0 Å². The average molecular weight is 657 g/mol. The maximum absolute atomic E-state index is 8.50. The zero-order chi connectivity index (χ0) is 28.9. The van der Waals surface area contributed by atoms with Crippen molar-refractivity contribution in [3.8, 4) is 0 Å². The first kappa shape index (κ1) is 36.4. The molecular weight excluding hydrogens is 609 g/mol. The van der Waals surface area contributed by atoms with E-state index in [9.17, 15) is 0 Å². The molecule has 0 atom stereocenters. The standard InChI is InChI=1S/2C13H24N2Si2.Mo.2O/c2*1-16(2,3)14-13(15-17(4,5)6)12-10-8-7-9-11-12;;;/h2*7-11,13H,1-6H3;;;/q2*-2;;;. The minimum absolute atomic E-state index is 0.0505. The molecule has 0 fully saturated rings. The molecule has 0 aliphatic carbocycles. The predicted molar refractivity (Wildman–Crippen MR) is 167 cm³/mol. The van der Waals surface area contributed by atoms with E-state index >= 15 is 0 Å². The van der Waals surface area contributed by atoms with Crippen LogP contribution in [0.1, 0.15) is 23.5 Å². The van der Waals surface area contributed by atoms with Crippen LogP contribution in [-0.2, 0) is 25.3 Å². The van der Waals surface area contributed by atoms with E-state index in [2.05, 4.69) is 127 Å². The summed E-state index contributed by atoms with van der Waals surface area (Å²) in [6, 6.07) is 20.9. The van der Waals surface area contributed by atoms with Crippen molar-refractivity contribution in [2.75, 3.05) is 0 Å². The normalized spacial score (nSPS) is 12.4. The third-order valence-electron chi connectivity index (χ3n) is 4.23. The summed E-state index contributed by atoms with van der Waals surface area (Å²) in [5, 5.41) is 0. The van der Waals surface area contributed by atoms with Crippen molar-refractivity contribution in [1.29, 1.82) is 0 Å². The van der Waals surface area contributed by atoms with Crippen LogP contribution in [0.5, 0.6) is 0 Å². The second-order valence-corrected chi connectivity index (χ2v) is 31.6. The molecule has 37 heavy (non-hydrogen) atoms. The van der Waals surface area contributed by atoms with Crippen LogP contribution in [0.3, 0.4) is 0 Å². The van der Waals surface area contributed by atoms with Gasteiger partial charge in [-0.05, 0) is 0 Å². The maximum atomic E-state index is 8.50. The second kappa shape index (κ2) is 16.5. The quantitative estimate of drug-likeness (QED) is 0.238. The minimum atomic E-state index is -2.03. The number of benzene rings is 2. The third-order valence-corrected chi connectivity index (χ3v) is 8.31. The fourth-order valence-electron chi connectivity index (χ4n) is 3.07. The van der Waals surface area contributed by atoms with E-state index in [0.717, 1.165) is 0 Å². The Morgan fingerprint density at radius 3 is 0.811 bits per heavy atom. The van der Waals surface area contributed by atoms with E-state index in [4.69, 9.17) is 26.7 Å². The first-order chi connectivity index (χ1) is 16.8. The molecule has 6 nitrogen and oxygen atoms in total. The molecule has 0 radical (unpaired) electrons. The first-order valence-electron chi connectivity index (χ1n) is 12.7. The molecule has 0 amide bonds. The first-order valence-corrected chi connectivity index (χ1v) is 28.1. The summed E-state index contributed by atoms with van der Waals surface area (Å²) >= 11 is -2.03. The van der Waals surface area contributed by atoms with E-state index < -0.39 is 51.4 Å². The van der Waals surface area contributed by atoms with Crippen molar-refractivity contribution < 1.29 is 25.3 Å². The molecule has 0 saturated heterocycles. The molecule has 0 bridgehead atoms. The van der Waals surface area contributed by atoms with Gasteiger partial charge >= 0.3 is 25.3 Å². The van der Waals surface area contributed by atoms with E-state index in [1.165, 1.54) is 11.1 Å². The van der Waals surface area contributed by atoms with Crippen molar-refractivity contribution in [2.24, 2.45) is 0 Å². The van der Waals surface area contributed by atoms with E-state index in [0.29, 0.717) is 0 Å². The van der Waals surface area contributed by atoms with Crippen LogP contribution >= 0.6 is 0 Å². The molecule has 0 saturated carbocycles. The van der Waals surface area contributed by atoms with E-state index in [1.54, 1.807) is 0 Å². The Morgan fingerprint density at radius 2 is 0.649 bits per heavy atom. The van der Waals surface area contributed by atoms with Gasteiger partial charge in [0.05, 0.1) is 0 Å². The van der Waals surface area contributed by atoms with Crippen LogP contribution < -0.4 is 0 Å². The van der Waals surface area contributed by atoms with Crippen LogP contribution in [0.2, 0.25) is 78.6 Å². The molecule has 0 heterocycles. The SMILES string of the molecule is C[Si](C)(C)[N-]C([N-][Si](C)(C)C)c1ccccc1.C[Si](C)(C)[N-]C([N-][Si](C)(C)C)c1ccccc1.[O]=[Mo]=[O]. The zero-order valence-corrected chi connectivity index (χ0v) is 30.9. The Labute approximate surface area is 239 Å². The summed E-state index contributed by atoms with van der Waals surface area (Å²) in [5.41, 5.74) is 2.47. The fourth-order valence-corrected chi connectivity index (χ4v) is 7.07. The van der Waals surface area contributed by atoms with Gasteiger partial charge in [0.2, 0.25) is 0 Å². The molecule has 2 rings (SSSR count). The molecule has 0 N–H and O–H groups in total. The van der Waals surface area contributed by atoms with Crippen molar-refractivity contribution in [1.82, 2.24) is 0 Å². The molecular formula is C26H48MoN4O2Si4-4. The average Bonchev–Trinajstić information content (AvgIpc) is 2.71. The van der Waals surface area contributed by atoms with Gasteiger partial charge in [0, 0.05) is 0 Å². The topological polar surface area (TPSA) is 90.5 Å². The molecule has 11 heteroatoms. The molecule has 0 aliphatic heterocycles. The Morgan fingerprint density at radius 1 is 0.459 bits per heavy atom. The van der Waals surface area contributed by atoms with Gasteiger partial charge in [-0.25, -0.2) is 12.3 Å². The Balaban J connectivity index is 0.000000633. The Kier molecular flexibility index (Phi) is 16.3. The van der Waals surface area contributed by atoms with Gasteiger partial charge in [-0.2, -0.15) is 0 Å². The van der Waals surface area contributed by atoms with E-state index in [1.807, 2.05) is 12.1 Å². The Hall–Kier alpha value is -0.564. The summed E-state index contributed by atoms with van der Waals surface area (Å²) in [7, 11) is -5.80. The van der Waals surface area contributed by atoms with Crippen LogP contribution in [0, 0.1) is 0 Å². The summed E-state index contributed by atoms with van der Waals surface area (Å²) < 4.78 is 17.0. The molecule has 2 aromatic rings.